The second-order valence-corrected chi connectivity index (χ2v) is 9.22. The molecule has 37 heavy (non-hydrogen) atoms. The van der Waals surface area contributed by atoms with Crippen molar-refractivity contribution < 1.29 is 27.4 Å². The Balaban J connectivity index is 1.72. The minimum absolute atomic E-state index is 0.110. The van der Waals surface area contributed by atoms with Gasteiger partial charge in [-0.05, 0) is 60.5 Å². The lowest BCUT2D eigenvalue weighted by Gasteiger charge is -2.12. The molecule has 0 atom stereocenters. The number of hydrogen-bond donors (Lipinski definition) is 2. The van der Waals surface area contributed by atoms with Crippen LogP contribution in [0.5, 0.6) is 5.75 Å². The Hall–Kier alpha value is -2.86. The number of ether oxygens (including phenoxy) is 2. The van der Waals surface area contributed by atoms with Crippen LogP contribution in [0.2, 0.25) is 5.02 Å². The number of thiazole rings is 1. The van der Waals surface area contributed by atoms with Gasteiger partial charge < -0.3 is 24.7 Å². The third kappa shape index (κ3) is 9.84. The van der Waals surface area contributed by atoms with Gasteiger partial charge in [0.1, 0.15) is 5.75 Å². The largest absolute Gasteiger partial charge is 0.573 e. The van der Waals surface area contributed by atoms with E-state index in [4.69, 9.17) is 21.3 Å². The lowest BCUT2D eigenvalue weighted by Crippen LogP contribution is -2.36. The van der Waals surface area contributed by atoms with E-state index in [9.17, 15) is 18.0 Å². The molecule has 0 saturated carbocycles. The Morgan fingerprint density at radius 1 is 1.11 bits per heavy atom. The van der Waals surface area contributed by atoms with Crippen molar-refractivity contribution in [2.45, 2.75) is 25.9 Å². The van der Waals surface area contributed by atoms with Crippen LogP contribution in [0.25, 0.3) is 11.3 Å². The monoisotopic (exact) mass is 556 g/mol. The van der Waals surface area contributed by atoms with E-state index in [2.05, 4.69) is 15.4 Å². The summed E-state index contributed by atoms with van der Waals surface area (Å²) in [7, 11) is 1.57. The number of halogens is 4. The number of nitrogens with one attached hydrogen (secondary N) is 2. The molecule has 0 saturated heterocycles. The Morgan fingerprint density at radius 2 is 1.84 bits per heavy atom. The summed E-state index contributed by atoms with van der Waals surface area (Å²) in [4.78, 5) is 17.4. The Kier molecular flexibility index (Phi) is 11.0. The molecule has 200 valence electrons. The highest BCUT2D eigenvalue weighted by Crippen LogP contribution is 2.27. The van der Waals surface area contributed by atoms with E-state index in [1.54, 1.807) is 19.2 Å². The van der Waals surface area contributed by atoms with Crippen LogP contribution >= 0.6 is 22.9 Å². The molecule has 1 heterocycles. The molecule has 7 nitrogen and oxygen atoms in total. The zero-order valence-electron chi connectivity index (χ0n) is 20.2. The summed E-state index contributed by atoms with van der Waals surface area (Å²) >= 11 is 7.42. The number of rotatable bonds is 13. The molecule has 2 N–H and O–H groups in total. The predicted octanol–water partition coefficient (Wildman–Crippen LogP) is 4.61. The van der Waals surface area contributed by atoms with Gasteiger partial charge in [0.05, 0.1) is 25.4 Å². The molecular weight excluding hydrogens is 529 g/mol. The van der Waals surface area contributed by atoms with Gasteiger partial charge in [-0.3, -0.25) is 9.79 Å². The minimum Gasteiger partial charge on any atom is -0.406 e. The van der Waals surface area contributed by atoms with E-state index in [-0.39, 0.29) is 18.2 Å². The van der Waals surface area contributed by atoms with Crippen LogP contribution in [0, 0.1) is 0 Å². The smallest absolute Gasteiger partial charge is 0.406 e. The number of carbonyl (C=O) groups excluding carboxylic acids is 1. The molecule has 1 aromatic heterocycles. The summed E-state index contributed by atoms with van der Waals surface area (Å²) in [5.41, 5.74) is 2.57. The fraction of sp³-hybridized carbons (Fsp3) is 0.360. The van der Waals surface area contributed by atoms with E-state index < -0.39 is 6.36 Å². The number of hydrogen-bond acceptors (Lipinski definition) is 6. The first-order valence-corrected chi connectivity index (χ1v) is 12.8. The molecule has 0 unspecified atom stereocenters. The molecule has 3 aromatic rings. The van der Waals surface area contributed by atoms with Crippen LogP contribution in [0.15, 0.2) is 58.9 Å². The van der Waals surface area contributed by atoms with Gasteiger partial charge in [0.15, 0.2) is 4.80 Å². The number of carbonyl (C=O) groups is 1. The third-order valence-corrected chi connectivity index (χ3v) is 6.29. The molecule has 0 bridgehead atoms. The van der Waals surface area contributed by atoms with Gasteiger partial charge in [0.2, 0.25) is 5.91 Å². The topological polar surface area (TPSA) is 76.9 Å². The van der Waals surface area contributed by atoms with Gasteiger partial charge in [-0.15, -0.1) is 24.5 Å². The molecule has 0 aliphatic heterocycles. The predicted molar refractivity (Wildman–Crippen MR) is 138 cm³/mol. The quantitative estimate of drug-likeness (QED) is 0.301. The SMILES string of the molecule is COCCNC(=O)CNCCCn1c(-c2ccc(OC(F)(F)F)cc2)csc1=NCc1ccc(Cl)cc1. The number of amides is 1. The fourth-order valence-electron chi connectivity index (χ4n) is 3.40. The van der Waals surface area contributed by atoms with E-state index in [0.29, 0.717) is 44.2 Å². The van der Waals surface area contributed by atoms with Gasteiger partial charge >= 0.3 is 6.36 Å². The van der Waals surface area contributed by atoms with Gasteiger partial charge in [-0.1, -0.05) is 23.7 Å². The average Bonchev–Trinajstić information content (AvgIpc) is 3.26. The van der Waals surface area contributed by atoms with Crippen LogP contribution in [0.3, 0.4) is 0 Å². The number of methoxy groups -OCH3 is 1. The van der Waals surface area contributed by atoms with Crippen LogP contribution < -0.4 is 20.2 Å². The zero-order valence-corrected chi connectivity index (χ0v) is 21.8. The highest BCUT2D eigenvalue weighted by atomic mass is 35.5. The lowest BCUT2D eigenvalue weighted by molar-refractivity contribution is -0.274. The molecule has 3 rings (SSSR count). The minimum atomic E-state index is -4.74. The fourth-order valence-corrected chi connectivity index (χ4v) is 4.46. The Bertz CT molecular complexity index is 1200. The molecular formula is C25H28ClF3N4O3S. The summed E-state index contributed by atoms with van der Waals surface area (Å²) in [6.07, 6.45) is -4.04. The zero-order chi connectivity index (χ0) is 26.7. The van der Waals surface area contributed by atoms with Crippen LogP contribution in [0.4, 0.5) is 13.2 Å². The summed E-state index contributed by atoms with van der Waals surface area (Å²) in [6.45, 7) is 2.74. The van der Waals surface area contributed by atoms with Gasteiger partial charge in [-0.2, -0.15) is 0 Å². The number of alkyl halides is 3. The second-order valence-electron chi connectivity index (χ2n) is 7.94. The molecule has 12 heteroatoms. The first-order valence-electron chi connectivity index (χ1n) is 11.5. The van der Waals surface area contributed by atoms with Crippen molar-refractivity contribution >= 4 is 28.8 Å². The van der Waals surface area contributed by atoms with Gasteiger partial charge in [-0.25, -0.2) is 0 Å². The molecule has 2 aromatic carbocycles. The van der Waals surface area contributed by atoms with Crippen LogP contribution in [-0.4, -0.2) is 50.2 Å². The first kappa shape index (κ1) is 28.7. The first-order chi connectivity index (χ1) is 17.7. The highest BCUT2D eigenvalue weighted by Gasteiger charge is 2.31. The van der Waals surface area contributed by atoms with Crippen LogP contribution in [-0.2, 0) is 22.6 Å². The molecule has 0 spiro atoms. The van der Waals surface area contributed by atoms with Gasteiger partial charge in [0.25, 0.3) is 0 Å². The average molecular weight is 557 g/mol. The standard InChI is InChI=1S/C25H28ClF3N4O3S/c1-35-14-12-31-23(34)16-30-11-2-13-33-22(19-5-9-21(10-6-19)36-25(27,28)29)17-37-24(33)32-15-18-3-7-20(26)8-4-18/h3-10,17,30H,2,11-16H2,1H3,(H,31,34). The number of benzene rings is 2. The summed E-state index contributed by atoms with van der Waals surface area (Å²) in [6, 6.07) is 13.2. The van der Waals surface area contributed by atoms with E-state index in [1.165, 1.54) is 23.5 Å². The lowest BCUT2D eigenvalue weighted by atomic mass is 10.1. The normalized spacial score (nSPS) is 12.1. The van der Waals surface area contributed by atoms with Crippen molar-refractivity contribution in [3.05, 3.63) is 69.3 Å². The molecule has 0 radical (unpaired) electrons. The Morgan fingerprint density at radius 3 is 2.51 bits per heavy atom. The maximum absolute atomic E-state index is 12.5. The molecule has 1 amide bonds. The summed E-state index contributed by atoms with van der Waals surface area (Å²) in [5.74, 6) is -0.389. The van der Waals surface area contributed by atoms with E-state index in [1.807, 2.05) is 34.2 Å². The highest BCUT2D eigenvalue weighted by molar-refractivity contribution is 7.07. The Labute approximate surface area is 221 Å². The van der Waals surface area contributed by atoms with Gasteiger partial charge in [0, 0.05) is 30.6 Å². The van der Waals surface area contributed by atoms with Crippen molar-refractivity contribution in [3.63, 3.8) is 0 Å². The van der Waals surface area contributed by atoms with Crippen molar-refractivity contribution in [2.75, 3.05) is 33.4 Å². The second kappa shape index (κ2) is 14.2. The van der Waals surface area contributed by atoms with Crippen molar-refractivity contribution in [1.29, 1.82) is 0 Å². The number of aromatic nitrogens is 1. The van der Waals surface area contributed by atoms with E-state index in [0.717, 1.165) is 21.6 Å². The summed E-state index contributed by atoms with van der Waals surface area (Å²) in [5, 5.41) is 8.44. The molecule has 0 aliphatic rings. The van der Waals surface area contributed by atoms with Crippen molar-refractivity contribution in [2.24, 2.45) is 4.99 Å². The van der Waals surface area contributed by atoms with Crippen LogP contribution in [0.1, 0.15) is 12.0 Å². The van der Waals surface area contributed by atoms with E-state index >= 15 is 0 Å². The molecule has 0 fully saturated rings. The number of nitrogens with zero attached hydrogens (tertiary/aromatic N) is 2. The van der Waals surface area contributed by atoms with Crippen molar-refractivity contribution in [3.8, 4) is 17.0 Å². The van der Waals surface area contributed by atoms with Crippen molar-refractivity contribution in [1.82, 2.24) is 15.2 Å². The summed E-state index contributed by atoms with van der Waals surface area (Å²) < 4.78 is 48.5. The maximum Gasteiger partial charge on any atom is 0.573 e. The maximum atomic E-state index is 12.5. The molecule has 0 aliphatic carbocycles. The third-order valence-electron chi connectivity index (χ3n) is 5.14.